The van der Waals surface area contributed by atoms with Crippen molar-refractivity contribution in [3.63, 3.8) is 0 Å². The van der Waals surface area contributed by atoms with Crippen LogP contribution in [0.25, 0.3) is 0 Å². The highest BCUT2D eigenvalue weighted by molar-refractivity contribution is 5.86. The lowest BCUT2D eigenvalue weighted by Gasteiger charge is -2.35. The molecule has 0 aromatic heterocycles. The molecule has 3 amide bonds. The van der Waals surface area contributed by atoms with E-state index in [1.807, 2.05) is 18.7 Å². The molecule has 0 spiro atoms. The zero-order valence-corrected chi connectivity index (χ0v) is 15.6. The summed E-state index contributed by atoms with van der Waals surface area (Å²) >= 11 is 0. The maximum Gasteiger partial charge on any atom is 0.312 e. The Kier molecular flexibility index (Phi) is 6.85. The predicted octanol–water partition coefficient (Wildman–Crippen LogP) is 2.86. The van der Waals surface area contributed by atoms with Crippen molar-refractivity contribution in [2.24, 2.45) is 17.6 Å². The number of amides is 3. The molecule has 1 aliphatic heterocycles. The van der Waals surface area contributed by atoms with Crippen LogP contribution in [-0.2, 0) is 11.2 Å². The summed E-state index contributed by atoms with van der Waals surface area (Å²) in [4.78, 5) is 25.7. The summed E-state index contributed by atoms with van der Waals surface area (Å²) in [6.45, 7) is 7.48. The Labute approximate surface area is 151 Å². The standard InChI is InChI=1S/C20H31N3O2/c1-14(2)18(22-20(21)25)19(24)23-12-10-17(11-13-23)9-8-16-6-4-15(3)5-7-16/h4-7,14,17-18H,8-13H2,1-3H3,(H3,21,22,25)/t18-/m1/s1. The number of hydrogen-bond donors (Lipinski definition) is 2. The lowest BCUT2D eigenvalue weighted by Crippen LogP contribution is -2.54. The van der Waals surface area contributed by atoms with Crippen molar-refractivity contribution in [2.45, 2.75) is 52.5 Å². The number of likely N-dealkylation sites (tertiary alicyclic amines) is 1. The molecule has 0 aliphatic carbocycles. The summed E-state index contributed by atoms with van der Waals surface area (Å²) in [6, 6.07) is 7.57. The molecule has 0 saturated carbocycles. The summed E-state index contributed by atoms with van der Waals surface area (Å²) in [6.07, 6.45) is 4.31. The lowest BCUT2D eigenvalue weighted by atomic mass is 9.89. The maximum absolute atomic E-state index is 12.6. The molecular formula is C20H31N3O2. The van der Waals surface area contributed by atoms with Crippen LogP contribution in [0.15, 0.2) is 24.3 Å². The molecule has 1 aliphatic rings. The minimum absolute atomic E-state index is 0.00853. The number of nitrogens with one attached hydrogen (secondary N) is 1. The summed E-state index contributed by atoms with van der Waals surface area (Å²) in [5.74, 6) is 0.678. The SMILES string of the molecule is Cc1ccc(CCC2CCN(C(=O)[C@H](NC(N)=O)C(C)C)CC2)cc1. The van der Waals surface area contributed by atoms with E-state index in [-0.39, 0.29) is 11.8 Å². The van der Waals surface area contributed by atoms with Crippen LogP contribution >= 0.6 is 0 Å². The first kappa shape index (κ1) is 19.3. The van der Waals surface area contributed by atoms with Gasteiger partial charge in [0.1, 0.15) is 6.04 Å². The monoisotopic (exact) mass is 345 g/mol. The van der Waals surface area contributed by atoms with Crippen LogP contribution in [0, 0.1) is 18.8 Å². The molecule has 1 fully saturated rings. The van der Waals surface area contributed by atoms with Gasteiger partial charge < -0.3 is 16.0 Å². The molecule has 1 heterocycles. The number of nitrogens with zero attached hydrogens (tertiary/aromatic N) is 1. The lowest BCUT2D eigenvalue weighted by molar-refractivity contribution is -0.135. The third-order valence-corrected chi connectivity index (χ3v) is 5.12. The zero-order chi connectivity index (χ0) is 18.4. The predicted molar refractivity (Wildman–Crippen MR) is 100 cm³/mol. The van der Waals surface area contributed by atoms with Gasteiger partial charge in [0.2, 0.25) is 5.91 Å². The molecular weight excluding hydrogens is 314 g/mol. The smallest absolute Gasteiger partial charge is 0.312 e. The molecule has 0 unspecified atom stereocenters. The van der Waals surface area contributed by atoms with E-state index in [1.54, 1.807) is 0 Å². The Bertz CT molecular complexity index is 575. The van der Waals surface area contributed by atoms with Gasteiger partial charge in [-0.15, -0.1) is 0 Å². The first-order valence-corrected chi connectivity index (χ1v) is 9.27. The van der Waals surface area contributed by atoms with Gasteiger partial charge in [-0.2, -0.15) is 0 Å². The third-order valence-electron chi connectivity index (χ3n) is 5.12. The fourth-order valence-electron chi connectivity index (χ4n) is 3.43. The number of urea groups is 1. The van der Waals surface area contributed by atoms with Crippen molar-refractivity contribution in [1.29, 1.82) is 0 Å². The van der Waals surface area contributed by atoms with Crippen LogP contribution in [-0.4, -0.2) is 36.0 Å². The van der Waals surface area contributed by atoms with Gasteiger partial charge in [-0.25, -0.2) is 4.79 Å². The first-order valence-electron chi connectivity index (χ1n) is 9.27. The van der Waals surface area contributed by atoms with Gasteiger partial charge in [-0.1, -0.05) is 43.7 Å². The van der Waals surface area contributed by atoms with E-state index in [4.69, 9.17) is 5.73 Å². The number of aryl methyl sites for hydroxylation is 2. The largest absolute Gasteiger partial charge is 0.352 e. The van der Waals surface area contributed by atoms with Crippen molar-refractivity contribution in [2.75, 3.05) is 13.1 Å². The molecule has 1 saturated heterocycles. The Hall–Kier alpha value is -2.04. The summed E-state index contributed by atoms with van der Waals surface area (Å²) in [5, 5.41) is 2.59. The van der Waals surface area contributed by atoms with E-state index >= 15 is 0 Å². The number of benzene rings is 1. The van der Waals surface area contributed by atoms with Gasteiger partial charge in [-0.3, -0.25) is 4.79 Å². The first-order chi connectivity index (χ1) is 11.9. The minimum Gasteiger partial charge on any atom is -0.352 e. The van der Waals surface area contributed by atoms with Gasteiger partial charge in [0.15, 0.2) is 0 Å². The van der Waals surface area contributed by atoms with Crippen LogP contribution in [0.3, 0.4) is 0 Å². The highest BCUT2D eigenvalue weighted by atomic mass is 16.2. The number of carbonyl (C=O) groups is 2. The van der Waals surface area contributed by atoms with Gasteiger partial charge >= 0.3 is 6.03 Å². The van der Waals surface area contributed by atoms with Crippen molar-refractivity contribution in [3.8, 4) is 0 Å². The molecule has 1 atom stereocenters. The molecule has 0 bridgehead atoms. The Balaban J connectivity index is 1.80. The second-order valence-corrected chi connectivity index (χ2v) is 7.52. The highest BCUT2D eigenvalue weighted by Crippen LogP contribution is 2.23. The fraction of sp³-hybridized carbons (Fsp3) is 0.600. The second-order valence-electron chi connectivity index (χ2n) is 7.52. The molecule has 0 radical (unpaired) electrons. The molecule has 3 N–H and O–H groups in total. The van der Waals surface area contributed by atoms with Crippen LogP contribution in [0.4, 0.5) is 4.79 Å². The van der Waals surface area contributed by atoms with Crippen molar-refractivity contribution in [3.05, 3.63) is 35.4 Å². The van der Waals surface area contributed by atoms with E-state index in [9.17, 15) is 9.59 Å². The molecule has 1 aromatic carbocycles. The van der Waals surface area contributed by atoms with E-state index < -0.39 is 12.1 Å². The summed E-state index contributed by atoms with van der Waals surface area (Å²) in [5.41, 5.74) is 7.88. The topological polar surface area (TPSA) is 75.4 Å². The molecule has 1 aromatic rings. The summed E-state index contributed by atoms with van der Waals surface area (Å²) < 4.78 is 0. The molecule has 5 heteroatoms. The zero-order valence-electron chi connectivity index (χ0n) is 15.6. The molecule has 25 heavy (non-hydrogen) atoms. The highest BCUT2D eigenvalue weighted by Gasteiger charge is 2.30. The van der Waals surface area contributed by atoms with Gasteiger partial charge in [0, 0.05) is 13.1 Å². The Morgan fingerprint density at radius 2 is 1.80 bits per heavy atom. The van der Waals surface area contributed by atoms with Crippen molar-refractivity contribution < 1.29 is 9.59 Å². The van der Waals surface area contributed by atoms with Crippen LogP contribution in [0.1, 0.15) is 44.2 Å². The van der Waals surface area contributed by atoms with Gasteiger partial charge in [-0.05, 0) is 50.0 Å². The molecule has 138 valence electrons. The third kappa shape index (κ3) is 5.76. The number of carbonyl (C=O) groups excluding carboxylic acids is 2. The van der Waals surface area contributed by atoms with Crippen LogP contribution in [0.2, 0.25) is 0 Å². The normalized spacial score (nSPS) is 16.7. The molecule has 5 nitrogen and oxygen atoms in total. The number of piperidine rings is 1. The van der Waals surface area contributed by atoms with E-state index in [1.165, 1.54) is 11.1 Å². The Morgan fingerprint density at radius 3 is 2.32 bits per heavy atom. The van der Waals surface area contributed by atoms with E-state index in [0.717, 1.165) is 38.8 Å². The minimum atomic E-state index is -0.639. The van der Waals surface area contributed by atoms with Crippen LogP contribution in [0.5, 0.6) is 0 Å². The second kappa shape index (κ2) is 8.88. The molecule has 2 rings (SSSR count). The maximum atomic E-state index is 12.6. The number of primary amides is 1. The van der Waals surface area contributed by atoms with Gasteiger partial charge in [0.25, 0.3) is 0 Å². The van der Waals surface area contributed by atoms with Crippen molar-refractivity contribution in [1.82, 2.24) is 10.2 Å². The number of hydrogen-bond acceptors (Lipinski definition) is 2. The summed E-state index contributed by atoms with van der Waals surface area (Å²) in [7, 11) is 0. The van der Waals surface area contributed by atoms with Crippen LogP contribution < -0.4 is 11.1 Å². The van der Waals surface area contributed by atoms with Gasteiger partial charge in [0.05, 0.1) is 0 Å². The average Bonchev–Trinajstić information content (AvgIpc) is 2.59. The number of rotatable bonds is 6. The van der Waals surface area contributed by atoms with E-state index in [0.29, 0.717) is 5.92 Å². The fourth-order valence-corrected chi connectivity index (χ4v) is 3.43. The quantitative estimate of drug-likeness (QED) is 0.832. The Morgan fingerprint density at radius 1 is 1.20 bits per heavy atom. The average molecular weight is 345 g/mol. The van der Waals surface area contributed by atoms with E-state index in [2.05, 4.69) is 36.5 Å². The van der Waals surface area contributed by atoms with Crippen molar-refractivity contribution >= 4 is 11.9 Å². The number of nitrogens with two attached hydrogens (primary N) is 1.